The Hall–Kier alpha value is -3.00. The van der Waals surface area contributed by atoms with Gasteiger partial charge in [0.25, 0.3) is 11.1 Å². The second-order valence-corrected chi connectivity index (χ2v) is 6.61. The molecule has 0 bridgehead atoms. The van der Waals surface area contributed by atoms with Crippen LogP contribution in [0.15, 0.2) is 58.2 Å². The highest BCUT2D eigenvalue weighted by Gasteiger charge is 2.27. The highest BCUT2D eigenvalue weighted by molar-refractivity contribution is 7.99. The van der Waals surface area contributed by atoms with Gasteiger partial charge in [0, 0.05) is 0 Å². The first kappa shape index (κ1) is 17.4. The molecular formula is C19H16N2O5S. The second kappa shape index (κ2) is 7.71. The summed E-state index contributed by atoms with van der Waals surface area (Å²) in [6.45, 7) is 0.281. The molecule has 0 N–H and O–H groups in total. The van der Waals surface area contributed by atoms with Crippen LogP contribution in [0, 0.1) is 0 Å². The summed E-state index contributed by atoms with van der Waals surface area (Å²) in [4.78, 5) is 12.4. The van der Waals surface area contributed by atoms with Crippen LogP contribution in [0.3, 0.4) is 0 Å². The number of ether oxygens (including phenoxy) is 3. The molecule has 1 aliphatic rings. The molecule has 1 aliphatic heterocycles. The Kier molecular flexibility index (Phi) is 4.97. The summed E-state index contributed by atoms with van der Waals surface area (Å²) in [5.41, 5.74) is 0.521. The molecule has 2 heterocycles. The third kappa shape index (κ3) is 3.75. The maximum Gasteiger partial charge on any atom is 0.277 e. The van der Waals surface area contributed by atoms with E-state index < -0.39 is 6.10 Å². The molecule has 138 valence electrons. The fourth-order valence-corrected chi connectivity index (χ4v) is 3.28. The van der Waals surface area contributed by atoms with Crippen LogP contribution in [-0.2, 0) is 0 Å². The van der Waals surface area contributed by atoms with Gasteiger partial charge in [0.1, 0.15) is 12.4 Å². The molecule has 4 rings (SSSR count). The molecule has 27 heavy (non-hydrogen) atoms. The zero-order valence-corrected chi connectivity index (χ0v) is 15.3. The third-order valence-corrected chi connectivity index (χ3v) is 4.76. The van der Waals surface area contributed by atoms with E-state index in [-0.39, 0.29) is 18.1 Å². The molecule has 1 aromatic heterocycles. The summed E-state index contributed by atoms with van der Waals surface area (Å²) >= 11 is 1.17. The van der Waals surface area contributed by atoms with E-state index in [0.29, 0.717) is 33.9 Å². The molecule has 3 aromatic rings. The lowest BCUT2D eigenvalue weighted by atomic mass is 10.1. The number of thioether (sulfide) groups is 1. The van der Waals surface area contributed by atoms with Gasteiger partial charge in [-0.2, -0.15) is 0 Å². The van der Waals surface area contributed by atoms with E-state index in [9.17, 15) is 4.79 Å². The summed E-state index contributed by atoms with van der Waals surface area (Å²) in [6.07, 6.45) is -0.480. The standard InChI is InChI=1S/C19H16N2O5S/c1-23-14-7-3-2-6-12(14)13(22)11-27-19-21-20-18(26-19)17-10-24-15-8-4-5-9-16(15)25-17/h2-9,17H,10-11H2,1H3/t17-/m1/s1. The van der Waals surface area contributed by atoms with Gasteiger partial charge in [0.15, 0.2) is 17.3 Å². The SMILES string of the molecule is COc1ccccc1C(=O)CSc1nnc([C@H]2COc3ccccc3O2)o1. The number of hydrogen-bond donors (Lipinski definition) is 0. The molecule has 0 saturated carbocycles. The van der Waals surface area contributed by atoms with Crippen molar-refractivity contribution in [2.75, 3.05) is 19.5 Å². The fourth-order valence-electron chi connectivity index (χ4n) is 2.63. The first-order chi connectivity index (χ1) is 13.2. The van der Waals surface area contributed by atoms with Crippen molar-refractivity contribution < 1.29 is 23.4 Å². The van der Waals surface area contributed by atoms with Gasteiger partial charge in [0.05, 0.1) is 18.4 Å². The van der Waals surface area contributed by atoms with Gasteiger partial charge < -0.3 is 18.6 Å². The van der Waals surface area contributed by atoms with Crippen molar-refractivity contribution in [2.24, 2.45) is 0 Å². The van der Waals surface area contributed by atoms with E-state index in [2.05, 4.69) is 10.2 Å². The zero-order chi connectivity index (χ0) is 18.6. The number of fused-ring (bicyclic) bond motifs is 1. The minimum absolute atomic E-state index is 0.0802. The van der Waals surface area contributed by atoms with Crippen molar-refractivity contribution in [3.05, 3.63) is 60.0 Å². The van der Waals surface area contributed by atoms with Crippen LogP contribution in [0.4, 0.5) is 0 Å². The average molecular weight is 384 g/mol. The number of hydrogen-bond acceptors (Lipinski definition) is 8. The van der Waals surface area contributed by atoms with Gasteiger partial charge in [-0.1, -0.05) is 36.0 Å². The van der Waals surface area contributed by atoms with Crippen LogP contribution < -0.4 is 14.2 Å². The number of Topliss-reactive ketones (excluding diaryl/α,β-unsaturated/α-hetero) is 1. The maximum absolute atomic E-state index is 12.4. The number of carbonyl (C=O) groups is 1. The molecule has 7 nitrogen and oxygen atoms in total. The normalized spacial score (nSPS) is 15.4. The van der Waals surface area contributed by atoms with Crippen LogP contribution in [0.5, 0.6) is 17.2 Å². The number of carbonyl (C=O) groups excluding carboxylic acids is 1. The molecule has 0 unspecified atom stereocenters. The monoisotopic (exact) mass is 384 g/mol. The quantitative estimate of drug-likeness (QED) is 0.471. The summed E-state index contributed by atoms with van der Waals surface area (Å²) in [7, 11) is 1.54. The van der Waals surface area contributed by atoms with Crippen molar-refractivity contribution >= 4 is 17.5 Å². The van der Waals surface area contributed by atoms with Crippen LogP contribution >= 0.6 is 11.8 Å². The molecule has 0 fully saturated rings. The van der Waals surface area contributed by atoms with Crippen LogP contribution in [0.2, 0.25) is 0 Å². The molecule has 1 atom stereocenters. The Morgan fingerprint density at radius 2 is 1.93 bits per heavy atom. The predicted octanol–water partition coefficient (Wildman–Crippen LogP) is 3.57. The number of aromatic nitrogens is 2. The molecule has 0 amide bonds. The van der Waals surface area contributed by atoms with Gasteiger partial charge in [-0.3, -0.25) is 4.79 Å². The zero-order valence-electron chi connectivity index (χ0n) is 14.5. The van der Waals surface area contributed by atoms with Gasteiger partial charge in [-0.15, -0.1) is 10.2 Å². The molecule has 0 spiro atoms. The molecule has 0 saturated heterocycles. The first-order valence-electron chi connectivity index (χ1n) is 8.25. The average Bonchev–Trinajstić information content (AvgIpc) is 3.20. The van der Waals surface area contributed by atoms with Gasteiger partial charge in [-0.25, -0.2) is 0 Å². The lowest BCUT2D eigenvalue weighted by Gasteiger charge is -2.23. The van der Waals surface area contributed by atoms with Crippen molar-refractivity contribution in [1.82, 2.24) is 10.2 Å². The Labute approximate surface area is 159 Å². The summed E-state index contributed by atoms with van der Waals surface area (Å²) < 4.78 is 22.3. The number of ketones is 1. The first-order valence-corrected chi connectivity index (χ1v) is 9.24. The van der Waals surface area contributed by atoms with E-state index in [1.165, 1.54) is 18.9 Å². The summed E-state index contributed by atoms with van der Waals surface area (Å²) in [5.74, 6) is 2.26. The van der Waals surface area contributed by atoms with Gasteiger partial charge in [0.2, 0.25) is 6.10 Å². The van der Waals surface area contributed by atoms with Crippen molar-refractivity contribution in [3.8, 4) is 17.2 Å². The Balaban J connectivity index is 1.40. The Bertz CT molecular complexity index is 959. The molecule has 8 heteroatoms. The Morgan fingerprint density at radius 3 is 2.78 bits per heavy atom. The predicted molar refractivity (Wildman–Crippen MR) is 97.7 cm³/mol. The molecular weight excluding hydrogens is 368 g/mol. The van der Waals surface area contributed by atoms with Crippen LogP contribution in [0.1, 0.15) is 22.4 Å². The van der Waals surface area contributed by atoms with Crippen molar-refractivity contribution in [1.29, 1.82) is 0 Å². The molecule has 0 radical (unpaired) electrons. The molecule has 0 aliphatic carbocycles. The van der Waals surface area contributed by atoms with E-state index in [0.717, 1.165) is 0 Å². The second-order valence-electron chi connectivity index (χ2n) is 5.68. The van der Waals surface area contributed by atoms with E-state index in [1.807, 2.05) is 30.3 Å². The number of rotatable bonds is 6. The minimum atomic E-state index is -0.480. The van der Waals surface area contributed by atoms with Gasteiger partial charge in [-0.05, 0) is 24.3 Å². The Morgan fingerprint density at radius 1 is 1.15 bits per heavy atom. The van der Waals surface area contributed by atoms with E-state index in [1.54, 1.807) is 18.2 Å². The number of methoxy groups -OCH3 is 1. The largest absolute Gasteiger partial charge is 0.496 e. The van der Waals surface area contributed by atoms with E-state index >= 15 is 0 Å². The minimum Gasteiger partial charge on any atom is -0.496 e. The van der Waals surface area contributed by atoms with Crippen LogP contribution in [0.25, 0.3) is 0 Å². The lowest BCUT2D eigenvalue weighted by Crippen LogP contribution is -2.21. The highest BCUT2D eigenvalue weighted by atomic mass is 32.2. The fraction of sp³-hybridized carbons (Fsp3) is 0.211. The van der Waals surface area contributed by atoms with Crippen LogP contribution in [-0.4, -0.2) is 35.5 Å². The third-order valence-electron chi connectivity index (χ3n) is 3.94. The van der Waals surface area contributed by atoms with Crippen molar-refractivity contribution in [3.63, 3.8) is 0 Å². The smallest absolute Gasteiger partial charge is 0.277 e. The highest BCUT2D eigenvalue weighted by Crippen LogP contribution is 2.36. The number of nitrogens with zero attached hydrogens (tertiary/aromatic N) is 2. The molecule has 2 aromatic carbocycles. The maximum atomic E-state index is 12.4. The summed E-state index contributed by atoms with van der Waals surface area (Å²) in [5, 5.41) is 8.30. The summed E-state index contributed by atoms with van der Waals surface area (Å²) in [6, 6.07) is 14.5. The lowest BCUT2D eigenvalue weighted by molar-refractivity contribution is 0.0686. The topological polar surface area (TPSA) is 83.7 Å². The van der Waals surface area contributed by atoms with Crippen molar-refractivity contribution in [2.45, 2.75) is 11.3 Å². The number of benzene rings is 2. The number of para-hydroxylation sites is 3. The van der Waals surface area contributed by atoms with Gasteiger partial charge >= 0.3 is 0 Å². The van der Waals surface area contributed by atoms with E-state index in [4.69, 9.17) is 18.6 Å².